The third-order valence-corrected chi connectivity index (χ3v) is 4.00. The molecule has 2 nitrogen and oxygen atoms in total. The average Bonchev–Trinajstić information content (AvgIpc) is 2.36. The molecule has 0 radical (unpaired) electrons. The number of nitrogens with one attached hydrogen (secondary N) is 1. The van der Waals surface area contributed by atoms with Gasteiger partial charge in [-0.05, 0) is 37.1 Å². The minimum Gasteiger partial charge on any atom is -0.370 e. The second-order valence-corrected chi connectivity index (χ2v) is 5.04. The molecule has 1 spiro atoms. The third-order valence-electron chi connectivity index (χ3n) is 4.00. The predicted octanol–water partition coefficient (Wildman–Crippen LogP) is 2.40. The first-order valence-electron chi connectivity index (χ1n) is 6.26. The van der Waals surface area contributed by atoms with Gasteiger partial charge in [0.2, 0.25) is 0 Å². The third kappa shape index (κ3) is 1.48. The van der Waals surface area contributed by atoms with Crippen LogP contribution in [0.5, 0.6) is 0 Å². The fraction of sp³-hybridized carbons (Fsp3) is 0.571. The second-order valence-electron chi connectivity index (χ2n) is 5.04. The van der Waals surface area contributed by atoms with Crippen molar-refractivity contribution in [3.8, 4) is 0 Å². The Morgan fingerprint density at radius 1 is 1.25 bits per heavy atom. The fourth-order valence-corrected chi connectivity index (χ4v) is 3.04. The number of hydrogen-bond donors (Lipinski definition) is 1. The molecular formula is C14H19NO. The van der Waals surface area contributed by atoms with Gasteiger partial charge in [0.25, 0.3) is 0 Å². The van der Waals surface area contributed by atoms with E-state index in [0.717, 1.165) is 32.5 Å². The molecule has 1 unspecified atom stereocenters. The summed E-state index contributed by atoms with van der Waals surface area (Å²) in [6, 6.07) is 8.82. The molecule has 0 saturated carbocycles. The first kappa shape index (κ1) is 10.3. The number of ether oxygens (including phenoxy) is 1. The molecule has 2 aliphatic rings. The van der Waals surface area contributed by atoms with Crippen molar-refractivity contribution in [2.45, 2.75) is 31.3 Å². The summed E-state index contributed by atoms with van der Waals surface area (Å²) in [7, 11) is 0. The smallest absolute Gasteiger partial charge is 0.0958 e. The summed E-state index contributed by atoms with van der Waals surface area (Å²) in [6.45, 7) is 5.27. The maximum absolute atomic E-state index is 6.21. The van der Waals surface area contributed by atoms with Gasteiger partial charge in [0.05, 0.1) is 12.2 Å². The van der Waals surface area contributed by atoms with Gasteiger partial charge in [0, 0.05) is 5.92 Å². The summed E-state index contributed by atoms with van der Waals surface area (Å²) < 4.78 is 6.21. The molecule has 1 aromatic rings. The van der Waals surface area contributed by atoms with Crippen LogP contribution in [0.3, 0.4) is 0 Å². The van der Waals surface area contributed by atoms with Gasteiger partial charge in [-0.25, -0.2) is 0 Å². The van der Waals surface area contributed by atoms with Gasteiger partial charge in [-0.3, -0.25) is 0 Å². The summed E-state index contributed by atoms with van der Waals surface area (Å²) in [5.74, 6) is 0.539. The molecule has 1 N–H and O–H groups in total. The quantitative estimate of drug-likeness (QED) is 0.720. The van der Waals surface area contributed by atoms with Crippen LogP contribution in [-0.4, -0.2) is 19.7 Å². The van der Waals surface area contributed by atoms with Crippen LogP contribution in [0.4, 0.5) is 0 Å². The molecule has 0 aromatic heterocycles. The van der Waals surface area contributed by atoms with Crippen molar-refractivity contribution in [2.75, 3.05) is 19.7 Å². The van der Waals surface area contributed by atoms with Crippen molar-refractivity contribution in [3.05, 3.63) is 35.4 Å². The van der Waals surface area contributed by atoms with E-state index in [4.69, 9.17) is 4.74 Å². The van der Waals surface area contributed by atoms with Gasteiger partial charge >= 0.3 is 0 Å². The van der Waals surface area contributed by atoms with Gasteiger partial charge in [0.1, 0.15) is 0 Å². The molecule has 0 bridgehead atoms. The molecule has 86 valence electrons. The summed E-state index contributed by atoms with van der Waals surface area (Å²) in [5.41, 5.74) is 2.94. The van der Waals surface area contributed by atoms with E-state index < -0.39 is 0 Å². The minimum atomic E-state index is 0.00829. The summed E-state index contributed by atoms with van der Waals surface area (Å²) in [4.78, 5) is 0. The summed E-state index contributed by atoms with van der Waals surface area (Å²) in [6.07, 6.45) is 2.22. The molecule has 2 heteroatoms. The molecule has 0 aliphatic carbocycles. The lowest BCUT2D eigenvalue weighted by molar-refractivity contribution is -0.0873. The van der Waals surface area contributed by atoms with Gasteiger partial charge in [-0.2, -0.15) is 0 Å². The molecule has 1 aromatic carbocycles. The van der Waals surface area contributed by atoms with Gasteiger partial charge in [0.15, 0.2) is 0 Å². The van der Waals surface area contributed by atoms with Crippen LogP contribution in [0.15, 0.2) is 24.3 Å². The van der Waals surface area contributed by atoms with E-state index in [1.165, 1.54) is 11.1 Å². The van der Waals surface area contributed by atoms with Crippen LogP contribution >= 0.6 is 0 Å². The maximum Gasteiger partial charge on any atom is 0.0958 e. The van der Waals surface area contributed by atoms with Crippen LogP contribution in [0.1, 0.15) is 36.8 Å². The topological polar surface area (TPSA) is 21.3 Å². The van der Waals surface area contributed by atoms with Crippen LogP contribution in [0, 0.1) is 0 Å². The standard InChI is InChI=1S/C14H19NO/c1-11-10-16-14(6-8-15-9-7-14)13-5-3-2-4-12(11)13/h2-5,11,15H,6-10H2,1H3. The van der Waals surface area contributed by atoms with Crippen molar-refractivity contribution in [2.24, 2.45) is 0 Å². The zero-order valence-electron chi connectivity index (χ0n) is 9.83. The molecule has 3 rings (SSSR count). The van der Waals surface area contributed by atoms with E-state index in [1.54, 1.807) is 0 Å². The van der Waals surface area contributed by atoms with Crippen LogP contribution in [0.2, 0.25) is 0 Å². The van der Waals surface area contributed by atoms with Crippen LogP contribution in [0.25, 0.3) is 0 Å². The highest BCUT2D eigenvalue weighted by atomic mass is 16.5. The summed E-state index contributed by atoms with van der Waals surface area (Å²) in [5, 5.41) is 3.42. The number of hydrogen-bond acceptors (Lipinski definition) is 2. The number of benzene rings is 1. The average molecular weight is 217 g/mol. The summed E-state index contributed by atoms with van der Waals surface area (Å²) >= 11 is 0. The van der Waals surface area contributed by atoms with E-state index in [2.05, 4.69) is 36.5 Å². The normalized spacial score (nSPS) is 27.7. The zero-order chi connectivity index (χ0) is 11.0. The number of fused-ring (bicyclic) bond motifs is 2. The highest BCUT2D eigenvalue weighted by molar-refractivity contribution is 5.37. The molecule has 2 aliphatic heterocycles. The number of piperidine rings is 1. The highest BCUT2D eigenvalue weighted by Gasteiger charge is 2.40. The zero-order valence-corrected chi connectivity index (χ0v) is 9.83. The molecule has 1 atom stereocenters. The molecule has 0 amide bonds. The molecule has 1 fully saturated rings. The van der Waals surface area contributed by atoms with Gasteiger partial charge in [-0.15, -0.1) is 0 Å². The molecular weight excluding hydrogens is 198 g/mol. The monoisotopic (exact) mass is 217 g/mol. The first-order chi connectivity index (χ1) is 7.82. The second kappa shape index (κ2) is 3.86. The van der Waals surface area contributed by atoms with Crippen molar-refractivity contribution in [1.82, 2.24) is 5.32 Å². The van der Waals surface area contributed by atoms with Gasteiger partial charge in [-0.1, -0.05) is 31.2 Å². The fourth-order valence-electron chi connectivity index (χ4n) is 3.04. The van der Waals surface area contributed by atoms with Gasteiger partial charge < -0.3 is 10.1 Å². The highest BCUT2D eigenvalue weighted by Crippen LogP contribution is 2.43. The van der Waals surface area contributed by atoms with E-state index >= 15 is 0 Å². The van der Waals surface area contributed by atoms with E-state index in [-0.39, 0.29) is 5.60 Å². The lowest BCUT2D eigenvalue weighted by Crippen LogP contribution is -2.45. The molecule has 2 heterocycles. The minimum absolute atomic E-state index is 0.00829. The number of rotatable bonds is 0. The Morgan fingerprint density at radius 3 is 2.81 bits per heavy atom. The Kier molecular flexibility index (Phi) is 2.49. The SMILES string of the molecule is CC1COC2(CCNCC2)c2ccccc21. The lowest BCUT2D eigenvalue weighted by Gasteiger charge is -2.44. The Bertz CT molecular complexity index is 382. The van der Waals surface area contributed by atoms with E-state index in [0.29, 0.717) is 5.92 Å². The van der Waals surface area contributed by atoms with Crippen LogP contribution in [-0.2, 0) is 10.3 Å². The Labute approximate surface area is 97.0 Å². The Morgan fingerprint density at radius 2 is 2.00 bits per heavy atom. The van der Waals surface area contributed by atoms with E-state index in [9.17, 15) is 0 Å². The van der Waals surface area contributed by atoms with Crippen molar-refractivity contribution in [1.29, 1.82) is 0 Å². The maximum atomic E-state index is 6.21. The Balaban J connectivity index is 2.06. The Hall–Kier alpha value is -0.860. The lowest BCUT2D eigenvalue weighted by atomic mass is 9.77. The van der Waals surface area contributed by atoms with Crippen molar-refractivity contribution < 1.29 is 4.74 Å². The van der Waals surface area contributed by atoms with Crippen LogP contribution < -0.4 is 5.32 Å². The predicted molar refractivity (Wildman–Crippen MR) is 64.6 cm³/mol. The van der Waals surface area contributed by atoms with Crippen molar-refractivity contribution >= 4 is 0 Å². The van der Waals surface area contributed by atoms with E-state index in [1.807, 2.05) is 0 Å². The van der Waals surface area contributed by atoms with Crippen molar-refractivity contribution in [3.63, 3.8) is 0 Å². The molecule has 16 heavy (non-hydrogen) atoms. The molecule has 1 saturated heterocycles. The first-order valence-corrected chi connectivity index (χ1v) is 6.26. The largest absolute Gasteiger partial charge is 0.370 e.